The summed E-state index contributed by atoms with van der Waals surface area (Å²) >= 11 is 0. The molecule has 2 rings (SSSR count). The molecule has 1 aliphatic rings. The Balaban J connectivity index is 1.99. The van der Waals surface area contributed by atoms with Gasteiger partial charge in [-0.1, -0.05) is 13.8 Å². The summed E-state index contributed by atoms with van der Waals surface area (Å²) in [4.78, 5) is 18.2. The van der Waals surface area contributed by atoms with Gasteiger partial charge in [-0.3, -0.25) is 9.89 Å². The van der Waals surface area contributed by atoms with E-state index in [1.165, 1.54) is 0 Å². The fourth-order valence-electron chi connectivity index (χ4n) is 2.16. The van der Waals surface area contributed by atoms with Crippen LogP contribution in [0.25, 0.3) is 0 Å². The standard InChI is InChI=1S/C12H20N4O2/c1-8(2)10-13-11(15-14-10)12(17)16-5-4-9(6-16)7-18-3/h8-9H,4-7H2,1-3H3,(H,13,14,15). The molecule has 1 amide bonds. The molecule has 0 saturated carbocycles. The molecule has 100 valence electrons. The third-order valence-corrected chi connectivity index (χ3v) is 3.22. The second-order valence-electron chi connectivity index (χ2n) is 5.06. The highest BCUT2D eigenvalue weighted by molar-refractivity contribution is 5.90. The van der Waals surface area contributed by atoms with Crippen LogP contribution in [-0.2, 0) is 4.74 Å². The topological polar surface area (TPSA) is 71.1 Å². The summed E-state index contributed by atoms with van der Waals surface area (Å²) in [5.41, 5.74) is 0. The van der Waals surface area contributed by atoms with E-state index in [1.54, 1.807) is 12.0 Å². The van der Waals surface area contributed by atoms with Crippen molar-refractivity contribution in [2.45, 2.75) is 26.2 Å². The summed E-state index contributed by atoms with van der Waals surface area (Å²) in [5, 5.41) is 6.81. The lowest BCUT2D eigenvalue weighted by molar-refractivity contribution is 0.0764. The summed E-state index contributed by atoms with van der Waals surface area (Å²) in [7, 11) is 1.69. The van der Waals surface area contributed by atoms with Crippen molar-refractivity contribution in [3.8, 4) is 0 Å². The van der Waals surface area contributed by atoms with E-state index >= 15 is 0 Å². The minimum absolute atomic E-state index is 0.0863. The molecule has 0 aliphatic carbocycles. The summed E-state index contributed by atoms with van der Waals surface area (Å²) in [6.07, 6.45) is 0.987. The molecule has 0 bridgehead atoms. The molecule has 2 heterocycles. The van der Waals surface area contributed by atoms with E-state index in [0.717, 1.165) is 25.3 Å². The van der Waals surface area contributed by atoms with Crippen molar-refractivity contribution in [2.24, 2.45) is 5.92 Å². The minimum Gasteiger partial charge on any atom is -0.384 e. The zero-order valence-electron chi connectivity index (χ0n) is 11.1. The van der Waals surface area contributed by atoms with Crippen LogP contribution in [-0.4, -0.2) is 52.8 Å². The van der Waals surface area contributed by atoms with Crippen LogP contribution in [0.2, 0.25) is 0 Å². The van der Waals surface area contributed by atoms with Crippen molar-refractivity contribution in [1.29, 1.82) is 0 Å². The van der Waals surface area contributed by atoms with Gasteiger partial charge in [0.1, 0.15) is 5.82 Å². The van der Waals surface area contributed by atoms with Crippen molar-refractivity contribution in [1.82, 2.24) is 20.1 Å². The van der Waals surface area contributed by atoms with Crippen molar-refractivity contribution in [2.75, 3.05) is 26.8 Å². The maximum absolute atomic E-state index is 12.2. The molecule has 1 saturated heterocycles. The van der Waals surface area contributed by atoms with Crippen LogP contribution in [0.4, 0.5) is 0 Å². The number of carbonyl (C=O) groups excluding carboxylic acids is 1. The monoisotopic (exact) mass is 252 g/mol. The number of hydrogen-bond acceptors (Lipinski definition) is 4. The van der Waals surface area contributed by atoms with E-state index in [0.29, 0.717) is 12.5 Å². The van der Waals surface area contributed by atoms with Gasteiger partial charge in [0.05, 0.1) is 6.61 Å². The van der Waals surface area contributed by atoms with Gasteiger partial charge in [0, 0.05) is 32.0 Å². The first-order chi connectivity index (χ1) is 8.61. The molecular weight excluding hydrogens is 232 g/mol. The van der Waals surface area contributed by atoms with E-state index in [9.17, 15) is 4.79 Å². The molecule has 0 aromatic carbocycles. The number of aromatic amines is 1. The SMILES string of the molecule is COCC1CCN(C(=O)c2n[nH]c(C(C)C)n2)C1. The van der Waals surface area contributed by atoms with Crippen molar-refractivity contribution < 1.29 is 9.53 Å². The van der Waals surface area contributed by atoms with E-state index < -0.39 is 0 Å². The first kappa shape index (κ1) is 13.0. The highest BCUT2D eigenvalue weighted by atomic mass is 16.5. The Morgan fingerprint density at radius 3 is 3.00 bits per heavy atom. The van der Waals surface area contributed by atoms with E-state index in [4.69, 9.17) is 4.74 Å². The Morgan fingerprint density at radius 2 is 2.39 bits per heavy atom. The number of ether oxygens (including phenoxy) is 1. The molecule has 0 radical (unpaired) electrons. The first-order valence-electron chi connectivity index (χ1n) is 6.32. The van der Waals surface area contributed by atoms with Crippen molar-refractivity contribution in [3.05, 3.63) is 11.6 Å². The van der Waals surface area contributed by atoms with Crippen LogP contribution in [0, 0.1) is 5.92 Å². The van der Waals surface area contributed by atoms with Crippen LogP contribution < -0.4 is 0 Å². The average Bonchev–Trinajstić information content (AvgIpc) is 2.97. The zero-order chi connectivity index (χ0) is 13.1. The fourth-order valence-corrected chi connectivity index (χ4v) is 2.16. The number of amides is 1. The third-order valence-electron chi connectivity index (χ3n) is 3.22. The van der Waals surface area contributed by atoms with Gasteiger partial charge in [0.2, 0.25) is 5.82 Å². The van der Waals surface area contributed by atoms with Crippen LogP contribution in [0.5, 0.6) is 0 Å². The molecule has 0 spiro atoms. The Bertz CT molecular complexity index is 416. The smallest absolute Gasteiger partial charge is 0.293 e. The molecule has 1 N–H and O–H groups in total. The van der Waals surface area contributed by atoms with Gasteiger partial charge in [0.15, 0.2) is 0 Å². The second-order valence-corrected chi connectivity index (χ2v) is 5.06. The van der Waals surface area contributed by atoms with Crippen LogP contribution in [0.15, 0.2) is 0 Å². The number of carbonyl (C=O) groups is 1. The Kier molecular flexibility index (Phi) is 3.96. The molecule has 6 nitrogen and oxygen atoms in total. The molecule has 1 unspecified atom stereocenters. The summed E-state index contributed by atoms with van der Waals surface area (Å²) in [6.45, 7) is 6.23. The Hall–Kier alpha value is -1.43. The number of rotatable bonds is 4. The van der Waals surface area contributed by atoms with Gasteiger partial charge in [-0.2, -0.15) is 0 Å². The van der Waals surface area contributed by atoms with E-state index in [2.05, 4.69) is 15.2 Å². The summed E-state index contributed by atoms with van der Waals surface area (Å²) < 4.78 is 5.12. The van der Waals surface area contributed by atoms with Gasteiger partial charge in [0.25, 0.3) is 5.91 Å². The number of methoxy groups -OCH3 is 1. The number of likely N-dealkylation sites (tertiary alicyclic amines) is 1. The van der Waals surface area contributed by atoms with Gasteiger partial charge in [-0.15, -0.1) is 5.10 Å². The number of nitrogens with zero attached hydrogens (tertiary/aromatic N) is 3. The molecule has 1 atom stereocenters. The zero-order valence-corrected chi connectivity index (χ0v) is 11.1. The normalized spacial score (nSPS) is 19.8. The minimum atomic E-state index is -0.0863. The molecule has 1 fully saturated rings. The molecule has 1 aromatic heterocycles. The van der Waals surface area contributed by atoms with Crippen LogP contribution >= 0.6 is 0 Å². The second kappa shape index (κ2) is 5.48. The van der Waals surface area contributed by atoms with Gasteiger partial charge < -0.3 is 9.64 Å². The highest BCUT2D eigenvalue weighted by Gasteiger charge is 2.29. The first-order valence-corrected chi connectivity index (χ1v) is 6.32. The average molecular weight is 252 g/mol. The number of hydrogen-bond donors (Lipinski definition) is 1. The molecule has 1 aliphatic heterocycles. The summed E-state index contributed by atoms with van der Waals surface area (Å²) in [6, 6.07) is 0. The number of H-pyrrole nitrogens is 1. The largest absolute Gasteiger partial charge is 0.384 e. The lowest BCUT2D eigenvalue weighted by Gasteiger charge is -2.14. The predicted molar refractivity (Wildman–Crippen MR) is 66.4 cm³/mol. The quantitative estimate of drug-likeness (QED) is 0.869. The van der Waals surface area contributed by atoms with Crippen molar-refractivity contribution in [3.63, 3.8) is 0 Å². The Morgan fingerprint density at radius 1 is 1.61 bits per heavy atom. The van der Waals surface area contributed by atoms with Crippen molar-refractivity contribution >= 4 is 5.91 Å². The van der Waals surface area contributed by atoms with Crippen LogP contribution in [0.3, 0.4) is 0 Å². The predicted octanol–water partition coefficient (Wildman–Crippen LogP) is 1.04. The Labute approximate surface area is 107 Å². The van der Waals surface area contributed by atoms with Gasteiger partial charge >= 0.3 is 0 Å². The highest BCUT2D eigenvalue weighted by Crippen LogP contribution is 2.18. The molecule has 6 heteroatoms. The third kappa shape index (κ3) is 2.69. The molecule has 1 aromatic rings. The number of nitrogens with one attached hydrogen (secondary N) is 1. The fraction of sp³-hybridized carbons (Fsp3) is 0.750. The maximum atomic E-state index is 12.2. The van der Waals surface area contributed by atoms with E-state index in [-0.39, 0.29) is 17.6 Å². The van der Waals surface area contributed by atoms with Gasteiger partial charge in [-0.05, 0) is 6.42 Å². The van der Waals surface area contributed by atoms with Crippen LogP contribution in [0.1, 0.15) is 42.6 Å². The lowest BCUT2D eigenvalue weighted by atomic mass is 10.1. The van der Waals surface area contributed by atoms with E-state index in [1.807, 2.05) is 13.8 Å². The lowest BCUT2D eigenvalue weighted by Crippen LogP contribution is -2.30. The summed E-state index contributed by atoms with van der Waals surface area (Å²) in [5.74, 6) is 1.63. The maximum Gasteiger partial charge on any atom is 0.293 e. The van der Waals surface area contributed by atoms with Gasteiger partial charge in [-0.25, -0.2) is 4.98 Å². The molecular formula is C12H20N4O2. The number of aromatic nitrogens is 3. The molecule has 18 heavy (non-hydrogen) atoms.